The van der Waals surface area contributed by atoms with Crippen molar-refractivity contribution in [3.63, 3.8) is 0 Å². The van der Waals surface area contributed by atoms with Gasteiger partial charge in [0.05, 0.1) is 12.2 Å². The largest absolute Gasteiger partial charge is 0.393 e. The number of ether oxygens (including phenoxy) is 1. The molecule has 1 aliphatic rings. The Morgan fingerprint density at radius 3 is 2.86 bits per heavy atom. The summed E-state index contributed by atoms with van der Waals surface area (Å²) >= 11 is 0. The quantitative estimate of drug-likeness (QED) is 0.739. The molecule has 1 fully saturated rings. The smallest absolute Gasteiger partial charge is 0.0574 e. The monoisotopic (exact) mass is 200 g/mol. The van der Waals surface area contributed by atoms with Gasteiger partial charge in [-0.1, -0.05) is 19.8 Å². The fourth-order valence-electron chi connectivity index (χ4n) is 2.35. The van der Waals surface area contributed by atoms with Crippen LogP contribution in [0.2, 0.25) is 0 Å². The SMILES string of the molecule is CCC(O)CCC1CCCC(OC)C1. The van der Waals surface area contributed by atoms with Gasteiger partial charge in [-0.2, -0.15) is 0 Å². The molecule has 1 N–H and O–H groups in total. The van der Waals surface area contributed by atoms with Crippen LogP contribution in [-0.2, 0) is 4.74 Å². The average molecular weight is 200 g/mol. The second-order valence-electron chi connectivity index (χ2n) is 4.53. The van der Waals surface area contributed by atoms with Crippen molar-refractivity contribution < 1.29 is 9.84 Å². The lowest BCUT2D eigenvalue weighted by Crippen LogP contribution is -2.22. The van der Waals surface area contributed by atoms with Gasteiger partial charge in [0.1, 0.15) is 0 Å². The van der Waals surface area contributed by atoms with Crippen molar-refractivity contribution in [2.45, 2.75) is 64.1 Å². The van der Waals surface area contributed by atoms with E-state index in [0.717, 1.165) is 18.8 Å². The fourth-order valence-corrected chi connectivity index (χ4v) is 2.35. The molecule has 0 spiro atoms. The molecule has 1 saturated carbocycles. The summed E-state index contributed by atoms with van der Waals surface area (Å²) in [6, 6.07) is 0. The van der Waals surface area contributed by atoms with Gasteiger partial charge in [0.25, 0.3) is 0 Å². The molecule has 0 aromatic heterocycles. The van der Waals surface area contributed by atoms with Gasteiger partial charge in [-0.15, -0.1) is 0 Å². The summed E-state index contributed by atoms with van der Waals surface area (Å²) in [6.07, 6.45) is 8.48. The number of methoxy groups -OCH3 is 1. The maximum Gasteiger partial charge on any atom is 0.0574 e. The summed E-state index contributed by atoms with van der Waals surface area (Å²) in [5, 5.41) is 9.48. The Hall–Kier alpha value is -0.0800. The molecule has 0 heterocycles. The molecule has 2 nitrogen and oxygen atoms in total. The van der Waals surface area contributed by atoms with Crippen molar-refractivity contribution in [2.75, 3.05) is 7.11 Å². The van der Waals surface area contributed by atoms with Crippen molar-refractivity contribution >= 4 is 0 Å². The minimum atomic E-state index is -0.0853. The minimum Gasteiger partial charge on any atom is -0.393 e. The molecule has 84 valence electrons. The summed E-state index contributed by atoms with van der Waals surface area (Å²) in [5.41, 5.74) is 0. The molecule has 14 heavy (non-hydrogen) atoms. The van der Waals surface area contributed by atoms with Crippen LogP contribution < -0.4 is 0 Å². The number of aliphatic hydroxyl groups excluding tert-OH is 1. The van der Waals surface area contributed by atoms with Crippen LogP contribution in [0.4, 0.5) is 0 Å². The molecule has 3 atom stereocenters. The number of rotatable bonds is 5. The normalized spacial score (nSPS) is 30.2. The van der Waals surface area contributed by atoms with Crippen LogP contribution in [0, 0.1) is 5.92 Å². The predicted molar refractivity (Wildman–Crippen MR) is 58.3 cm³/mol. The average Bonchev–Trinajstić information content (AvgIpc) is 2.26. The van der Waals surface area contributed by atoms with E-state index in [1.54, 1.807) is 0 Å². The van der Waals surface area contributed by atoms with Crippen LogP contribution in [0.5, 0.6) is 0 Å². The van der Waals surface area contributed by atoms with Gasteiger partial charge in [-0.05, 0) is 38.0 Å². The predicted octanol–water partition coefficient (Wildman–Crippen LogP) is 2.74. The molecule has 0 aromatic rings. The highest BCUT2D eigenvalue weighted by Gasteiger charge is 2.21. The van der Waals surface area contributed by atoms with Crippen LogP contribution in [0.3, 0.4) is 0 Å². The van der Waals surface area contributed by atoms with Crippen LogP contribution >= 0.6 is 0 Å². The van der Waals surface area contributed by atoms with Gasteiger partial charge in [0, 0.05) is 7.11 Å². The van der Waals surface area contributed by atoms with Crippen LogP contribution in [0.1, 0.15) is 51.9 Å². The highest BCUT2D eigenvalue weighted by molar-refractivity contribution is 4.74. The molecule has 1 aliphatic carbocycles. The summed E-state index contributed by atoms with van der Waals surface area (Å²) in [6.45, 7) is 2.05. The maximum atomic E-state index is 9.48. The van der Waals surface area contributed by atoms with Gasteiger partial charge in [0.2, 0.25) is 0 Å². The van der Waals surface area contributed by atoms with E-state index in [-0.39, 0.29) is 6.10 Å². The van der Waals surface area contributed by atoms with Crippen molar-refractivity contribution in [2.24, 2.45) is 5.92 Å². The van der Waals surface area contributed by atoms with Crippen LogP contribution in [0.25, 0.3) is 0 Å². The van der Waals surface area contributed by atoms with Crippen LogP contribution in [0.15, 0.2) is 0 Å². The van der Waals surface area contributed by atoms with E-state index in [2.05, 4.69) is 0 Å². The third-order valence-electron chi connectivity index (χ3n) is 3.45. The van der Waals surface area contributed by atoms with Gasteiger partial charge < -0.3 is 9.84 Å². The lowest BCUT2D eigenvalue weighted by Gasteiger charge is -2.28. The molecular weight excluding hydrogens is 176 g/mol. The van der Waals surface area contributed by atoms with Gasteiger partial charge >= 0.3 is 0 Å². The summed E-state index contributed by atoms with van der Waals surface area (Å²) in [7, 11) is 1.81. The molecule has 0 aliphatic heterocycles. The first-order valence-corrected chi connectivity index (χ1v) is 5.97. The summed E-state index contributed by atoms with van der Waals surface area (Å²) in [5.74, 6) is 0.787. The Kier molecular flexibility index (Phi) is 5.49. The van der Waals surface area contributed by atoms with E-state index in [9.17, 15) is 5.11 Å². The van der Waals surface area contributed by atoms with Crippen LogP contribution in [-0.4, -0.2) is 24.4 Å². The topological polar surface area (TPSA) is 29.5 Å². The molecule has 0 amide bonds. The molecule has 2 heteroatoms. The number of hydrogen-bond acceptors (Lipinski definition) is 2. The molecule has 1 rings (SSSR count). The third-order valence-corrected chi connectivity index (χ3v) is 3.45. The molecule has 0 aromatic carbocycles. The summed E-state index contributed by atoms with van der Waals surface area (Å²) in [4.78, 5) is 0. The molecular formula is C12H24O2. The lowest BCUT2D eigenvalue weighted by molar-refractivity contribution is 0.0445. The standard InChI is InChI=1S/C12H24O2/c1-3-11(13)8-7-10-5-4-6-12(9-10)14-2/h10-13H,3-9H2,1-2H3. The minimum absolute atomic E-state index is 0.0853. The Labute approximate surface area is 87.7 Å². The zero-order chi connectivity index (χ0) is 10.4. The van der Waals surface area contributed by atoms with Crippen molar-refractivity contribution in [1.82, 2.24) is 0 Å². The first kappa shape index (κ1) is 12.0. The van der Waals surface area contributed by atoms with Crippen molar-refractivity contribution in [3.05, 3.63) is 0 Å². The first-order chi connectivity index (χ1) is 6.76. The summed E-state index contributed by atoms with van der Waals surface area (Å²) < 4.78 is 5.39. The van der Waals surface area contributed by atoms with Gasteiger partial charge in [0.15, 0.2) is 0 Å². The second-order valence-corrected chi connectivity index (χ2v) is 4.53. The van der Waals surface area contributed by atoms with Gasteiger partial charge in [-0.25, -0.2) is 0 Å². The zero-order valence-electron chi connectivity index (χ0n) is 9.54. The molecule has 0 radical (unpaired) electrons. The number of hydrogen-bond donors (Lipinski definition) is 1. The van der Waals surface area contributed by atoms with E-state index in [0.29, 0.717) is 6.10 Å². The molecule has 0 saturated heterocycles. The van der Waals surface area contributed by atoms with E-state index in [1.807, 2.05) is 14.0 Å². The number of aliphatic hydroxyl groups is 1. The maximum absolute atomic E-state index is 9.48. The highest BCUT2D eigenvalue weighted by Crippen LogP contribution is 2.29. The first-order valence-electron chi connectivity index (χ1n) is 5.97. The highest BCUT2D eigenvalue weighted by atomic mass is 16.5. The Morgan fingerprint density at radius 2 is 2.21 bits per heavy atom. The zero-order valence-corrected chi connectivity index (χ0v) is 9.54. The second kappa shape index (κ2) is 6.41. The molecule has 0 bridgehead atoms. The Bertz CT molecular complexity index is 147. The van der Waals surface area contributed by atoms with Crippen molar-refractivity contribution in [1.29, 1.82) is 0 Å². The van der Waals surface area contributed by atoms with E-state index in [1.165, 1.54) is 32.1 Å². The third kappa shape index (κ3) is 3.97. The van der Waals surface area contributed by atoms with E-state index < -0.39 is 0 Å². The Morgan fingerprint density at radius 1 is 1.43 bits per heavy atom. The van der Waals surface area contributed by atoms with Gasteiger partial charge in [-0.3, -0.25) is 0 Å². The molecule has 3 unspecified atom stereocenters. The van der Waals surface area contributed by atoms with E-state index >= 15 is 0 Å². The fraction of sp³-hybridized carbons (Fsp3) is 1.00. The lowest BCUT2D eigenvalue weighted by atomic mass is 9.83. The Balaban J connectivity index is 2.17. The van der Waals surface area contributed by atoms with E-state index in [4.69, 9.17) is 4.74 Å². The van der Waals surface area contributed by atoms with Crippen molar-refractivity contribution in [3.8, 4) is 0 Å².